The van der Waals surface area contributed by atoms with Crippen LogP contribution in [0, 0.1) is 5.82 Å². The minimum absolute atomic E-state index is 0.140. The van der Waals surface area contributed by atoms with E-state index in [0.717, 1.165) is 16.6 Å². The highest BCUT2D eigenvalue weighted by Crippen LogP contribution is 2.27. The number of hydrogen-bond donors (Lipinski definition) is 0. The zero-order chi connectivity index (χ0) is 12.3. The summed E-state index contributed by atoms with van der Waals surface area (Å²) in [7, 11) is 0. The third kappa shape index (κ3) is 3.43. The van der Waals surface area contributed by atoms with Crippen molar-refractivity contribution in [2.24, 2.45) is 0 Å². The van der Waals surface area contributed by atoms with Crippen LogP contribution in [0.15, 0.2) is 22.7 Å². The number of halogens is 3. The lowest BCUT2D eigenvalue weighted by Crippen LogP contribution is -2.40. The van der Waals surface area contributed by atoms with Crippen molar-refractivity contribution in [3.63, 3.8) is 0 Å². The van der Waals surface area contributed by atoms with Crippen molar-refractivity contribution >= 4 is 27.5 Å². The lowest BCUT2D eigenvalue weighted by Gasteiger charge is -2.37. The summed E-state index contributed by atoms with van der Waals surface area (Å²) >= 11 is 9.08. The van der Waals surface area contributed by atoms with Crippen molar-refractivity contribution in [2.45, 2.75) is 31.8 Å². The lowest BCUT2D eigenvalue weighted by atomic mass is 9.91. The highest BCUT2D eigenvalue weighted by atomic mass is 79.9. The Bertz CT molecular complexity index is 382. The van der Waals surface area contributed by atoms with Gasteiger partial charge in [-0.2, -0.15) is 0 Å². The van der Waals surface area contributed by atoms with Gasteiger partial charge in [0.2, 0.25) is 0 Å². The molecule has 1 aliphatic rings. The van der Waals surface area contributed by atoms with Crippen LogP contribution in [-0.4, -0.2) is 23.4 Å². The molecule has 1 saturated carbocycles. The molecule has 0 atom stereocenters. The van der Waals surface area contributed by atoms with Crippen LogP contribution in [0.25, 0.3) is 0 Å². The fraction of sp³-hybridized carbons (Fsp3) is 0.538. The summed E-state index contributed by atoms with van der Waals surface area (Å²) < 4.78 is 14.5. The second-order valence-electron chi connectivity index (χ2n) is 4.48. The number of hydrogen-bond acceptors (Lipinski definition) is 1. The second kappa shape index (κ2) is 6.17. The molecule has 0 aliphatic heterocycles. The number of nitrogens with zero attached hydrogens (tertiary/aromatic N) is 1. The van der Waals surface area contributed by atoms with Gasteiger partial charge >= 0.3 is 0 Å². The molecule has 4 heteroatoms. The topological polar surface area (TPSA) is 3.24 Å². The summed E-state index contributed by atoms with van der Waals surface area (Å²) in [6.07, 6.45) is 3.72. The molecule has 0 radical (unpaired) electrons. The van der Waals surface area contributed by atoms with Crippen LogP contribution in [-0.2, 0) is 6.54 Å². The van der Waals surface area contributed by atoms with Crippen molar-refractivity contribution in [3.8, 4) is 0 Å². The zero-order valence-electron chi connectivity index (χ0n) is 9.63. The van der Waals surface area contributed by atoms with Crippen LogP contribution < -0.4 is 0 Å². The van der Waals surface area contributed by atoms with Gasteiger partial charge in [-0.1, -0.05) is 28.4 Å². The van der Waals surface area contributed by atoms with Gasteiger partial charge in [-0.3, -0.25) is 4.90 Å². The van der Waals surface area contributed by atoms with Crippen molar-refractivity contribution in [1.82, 2.24) is 4.90 Å². The Labute approximate surface area is 115 Å². The molecule has 17 heavy (non-hydrogen) atoms. The minimum Gasteiger partial charge on any atom is -0.295 e. The van der Waals surface area contributed by atoms with E-state index in [4.69, 9.17) is 11.6 Å². The van der Waals surface area contributed by atoms with Gasteiger partial charge in [0.05, 0.1) is 0 Å². The number of alkyl halides is 1. The first kappa shape index (κ1) is 13.3. The zero-order valence-corrected chi connectivity index (χ0v) is 12.0. The van der Waals surface area contributed by atoms with E-state index in [-0.39, 0.29) is 5.82 Å². The van der Waals surface area contributed by atoms with Crippen LogP contribution in [0.3, 0.4) is 0 Å². The van der Waals surface area contributed by atoms with E-state index in [0.29, 0.717) is 18.5 Å². The van der Waals surface area contributed by atoms with Crippen molar-refractivity contribution in [3.05, 3.63) is 34.1 Å². The molecule has 1 nitrogen and oxygen atoms in total. The maximum Gasteiger partial charge on any atom is 0.128 e. The molecule has 0 saturated heterocycles. The predicted molar refractivity (Wildman–Crippen MR) is 72.9 cm³/mol. The van der Waals surface area contributed by atoms with Gasteiger partial charge in [0.1, 0.15) is 5.82 Å². The van der Waals surface area contributed by atoms with Gasteiger partial charge in [0.25, 0.3) is 0 Å². The highest BCUT2D eigenvalue weighted by Gasteiger charge is 2.25. The van der Waals surface area contributed by atoms with E-state index in [2.05, 4.69) is 20.8 Å². The van der Waals surface area contributed by atoms with E-state index >= 15 is 0 Å². The monoisotopic (exact) mass is 319 g/mol. The van der Waals surface area contributed by atoms with E-state index in [1.165, 1.54) is 25.3 Å². The quantitative estimate of drug-likeness (QED) is 0.736. The molecule has 0 spiro atoms. The fourth-order valence-corrected chi connectivity index (χ4v) is 2.67. The molecule has 0 amide bonds. The maximum atomic E-state index is 13.7. The molecule has 0 heterocycles. The SMILES string of the molecule is Fc1cc(Br)ccc1CN(CCCl)C1CCC1. The van der Waals surface area contributed by atoms with Gasteiger partial charge in [0.15, 0.2) is 0 Å². The molecule has 0 aromatic heterocycles. The highest BCUT2D eigenvalue weighted by molar-refractivity contribution is 9.10. The van der Waals surface area contributed by atoms with Gasteiger partial charge in [-0.05, 0) is 25.0 Å². The standard InChI is InChI=1S/C13H16BrClFN/c14-11-5-4-10(13(16)8-11)9-17(7-6-15)12-2-1-3-12/h4-5,8,12H,1-3,6-7,9H2. The van der Waals surface area contributed by atoms with E-state index in [1.807, 2.05) is 12.1 Å². The van der Waals surface area contributed by atoms with Gasteiger partial charge in [-0.25, -0.2) is 4.39 Å². The molecule has 1 aliphatic carbocycles. The first-order valence-electron chi connectivity index (χ1n) is 5.94. The minimum atomic E-state index is -0.140. The molecule has 2 rings (SSSR count). The predicted octanol–water partition coefficient (Wildman–Crippen LogP) is 4.18. The van der Waals surface area contributed by atoms with E-state index in [9.17, 15) is 4.39 Å². The third-order valence-electron chi connectivity index (χ3n) is 3.35. The van der Waals surface area contributed by atoms with Crippen LogP contribution in [0.4, 0.5) is 4.39 Å². The van der Waals surface area contributed by atoms with Crippen LogP contribution >= 0.6 is 27.5 Å². The van der Waals surface area contributed by atoms with Gasteiger partial charge in [-0.15, -0.1) is 11.6 Å². The van der Waals surface area contributed by atoms with Crippen LogP contribution in [0.1, 0.15) is 24.8 Å². The normalized spacial score (nSPS) is 16.2. The number of benzene rings is 1. The Kier molecular flexibility index (Phi) is 4.83. The van der Waals surface area contributed by atoms with Crippen molar-refractivity contribution < 1.29 is 4.39 Å². The first-order chi connectivity index (χ1) is 8.20. The van der Waals surface area contributed by atoms with E-state index < -0.39 is 0 Å². The largest absolute Gasteiger partial charge is 0.295 e. The average Bonchev–Trinajstić information content (AvgIpc) is 2.20. The third-order valence-corrected chi connectivity index (χ3v) is 4.01. The van der Waals surface area contributed by atoms with Crippen LogP contribution in [0.2, 0.25) is 0 Å². The van der Waals surface area contributed by atoms with Crippen molar-refractivity contribution in [2.75, 3.05) is 12.4 Å². The molecular weight excluding hydrogens is 305 g/mol. The molecule has 0 bridgehead atoms. The average molecular weight is 321 g/mol. The molecule has 1 aromatic rings. The van der Waals surface area contributed by atoms with Gasteiger partial charge < -0.3 is 0 Å². The van der Waals surface area contributed by atoms with Crippen LogP contribution in [0.5, 0.6) is 0 Å². The Morgan fingerprint density at radius 3 is 2.71 bits per heavy atom. The second-order valence-corrected chi connectivity index (χ2v) is 5.77. The van der Waals surface area contributed by atoms with Crippen molar-refractivity contribution in [1.29, 1.82) is 0 Å². The summed E-state index contributed by atoms with van der Waals surface area (Å²) in [6, 6.07) is 5.85. The Morgan fingerprint density at radius 2 is 2.18 bits per heavy atom. The summed E-state index contributed by atoms with van der Waals surface area (Å²) in [5, 5.41) is 0. The maximum absolute atomic E-state index is 13.7. The molecular formula is C13H16BrClFN. The van der Waals surface area contributed by atoms with Gasteiger partial charge in [0, 0.05) is 35.0 Å². The summed E-state index contributed by atoms with van der Waals surface area (Å²) in [4.78, 5) is 2.29. The number of rotatable bonds is 5. The smallest absolute Gasteiger partial charge is 0.128 e. The molecule has 1 aromatic carbocycles. The van der Waals surface area contributed by atoms with E-state index in [1.54, 1.807) is 0 Å². The summed E-state index contributed by atoms with van der Waals surface area (Å²) in [5.41, 5.74) is 0.755. The summed E-state index contributed by atoms with van der Waals surface area (Å²) in [5.74, 6) is 0.465. The molecule has 0 unspecified atom stereocenters. The Balaban J connectivity index is 2.05. The fourth-order valence-electron chi connectivity index (χ4n) is 2.12. The lowest BCUT2D eigenvalue weighted by molar-refractivity contribution is 0.126. The molecule has 1 fully saturated rings. The molecule has 94 valence electrons. The molecule has 0 N–H and O–H groups in total. The Hall–Kier alpha value is -0.120. The summed E-state index contributed by atoms with van der Waals surface area (Å²) in [6.45, 7) is 1.50. The first-order valence-corrected chi connectivity index (χ1v) is 7.27. The Morgan fingerprint density at radius 1 is 1.41 bits per heavy atom.